The third-order valence-electron chi connectivity index (χ3n) is 4.05. The zero-order chi connectivity index (χ0) is 15.1. The number of amides is 1. The van der Waals surface area contributed by atoms with Crippen molar-refractivity contribution in [2.24, 2.45) is 11.8 Å². The molecule has 1 amide bonds. The van der Waals surface area contributed by atoms with E-state index in [0.29, 0.717) is 18.5 Å². The van der Waals surface area contributed by atoms with E-state index in [1.54, 1.807) is 0 Å². The predicted molar refractivity (Wildman–Crippen MR) is 72.6 cm³/mol. The molecule has 2 saturated heterocycles. The Morgan fingerprint density at radius 3 is 2.57 bits per heavy atom. The molecule has 2 bridgehead atoms. The number of carbonyl (C=O) groups excluding carboxylic acids is 1. The van der Waals surface area contributed by atoms with E-state index in [1.807, 2.05) is 0 Å². The van der Waals surface area contributed by atoms with Gasteiger partial charge in [0.15, 0.2) is 0 Å². The molecule has 112 valence electrons. The van der Waals surface area contributed by atoms with E-state index < -0.39 is 35.6 Å². The summed E-state index contributed by atoms with van der Waals surface area (Å²) in [6, 6.07) is 3.81. The number of anilines is 1. The third-order valence-corrected chi connectivity index (χ3v) is 4.34. The van der Waals surface area contributed by atoms with Gasteiger partial charge in [-0.2, -0.15) is 0 Å². The van der Waals surface area contributed by atoms with Gasteiger partial charge < -0.3 is 15.2 Å². The predicted octanol–water partition coefficient (Wildman–Crippen LogP) is 2.30. The summed E-state index contributed by atoms with van der Waals surface area (Å²) in [6.07, 6.45) is 0.567. The van der Waals surface area contributed by atoms with Gasteiger partial charge in [-0.25, -0.2) is 4.39 Å². The maximum Gasteiger partial charge on any atom is 0.310 e. The molecule has 1 aromatic rings. The number of carbonyl (C=O) groups is 2. The van der Waals surface area contributed by atoms with Crippen molar-refractivity contribution in [3.8, 4) is 0 Å². The smallest absolute Gasteiger partial charge is 0.310 e. The van der Waals surface area contributed by atoms with Crippen molar-refractivity contribution in [1.82, 2.24) is 0 Å². The molecule has 0 aliphatic carbocycles. The first-order valence-electron chi connectivity index (χ1n) is 6.61. The molecule has 0 aromatic heterocycles. The Balaban J connectivity index is 1.78. The molecule has 4 atom stereocenters. The molecular formula is C14H13ClFNO4. The zero-order valence-corrected chi connectivity index (χ0v) is 11.6. The van der Waals surface area contributed by atoms with Crippen molar-refractivity contribution in [3.05, 3.63) is 29.0 Å². The SMILES string of the molecule is O=C(O)[C@@H]1[C@@H](C(=O)Nc2ccc(F)c(Cl)c2)[C@H]2CC[C@H]1O2. The van der Waals surface area contributed by atoms with Crippen LogP contribution in [-0.2, 0) is 14.3 Å². The Hall–Kier alpha value is -1.66. The molecule has 2 aliphatic rings. The van der Waals surface area contributed by atoms with E-state index in [1.165, 1.54) is 12.1 Å². The van der Waals surface area contributed by atoms with Crippen molar-refractivity contribution in [2.45, 2.75) is 25.0 Å². The van der Waals surface area contributed by atoms with Gasteiger partial charge in [0.05, 0.1) is 29.1 Å². The fraction of sp³-hybridized carbons (Fsp3) is 0.429. The summed E-state index contributed by atoms with van der Waals surface area (Å²) in [6.45, 7) is 0. The lowest BCUT2D eigenvalue weighted by atomic mass is 9.78. The van der Waals surface area contributed by atoms with Gasteiger partial charge in [0.25, 0.3) is 0 Å². The van der Waals surface area contributed by atoms with Gasteiger partial charge in [0.1, 0.15) is 5.82 Å². The first kappa shape index (κ1) is 14.3. The highest BCUT2D eigenvalue weighted by Gasteiger charge is 2.55. The lowest BCUT2D eigenvalue weighted by Gasteiger charge is -2.23. The topological polar surface area (TPSA) is 75.6 Å². The zero-order valence-electron chi connectivity index (χ0n) is 10.9. The quantitative estimate of drug-likeness (QED) is 0.898. The van der Waals surface area contributed by atoms with Crippen molar-refractivity contribution in [1.29, 1.82) is 0 Å². The van der Waals surface area contributed by atoms with Crippen LogP contribution in [0, 0.1) is 17.7 Å². The lowest BCUT2D eigenvalue weighted by Crippen LogP contribution is -2.40. The summed E-state index contributed by atoms with van der Waals surface area (Å²) in [5.74, 6) is -3.61. The molecule has 0 spiro atoms. The van der Waals surface area contributed by atoms with Gasteiger partial charge in [-0.1, -0.05) is 11.6 Å². The average Bonchev–Trinajstić information content (AvgIpc) is 3.03. The Kier molecular flexibility index (Phi) is 3.59. The fourth-order valence-electron chi connectivity index (χ4n) is 3.12. The summed E-state index contributed by atoms with van der Waals surface area (Å²) >= 11 is 5.65. The van der Waals surface area contributed by atoms with Crippen LogP contribution >= 0.6 is 11.6 Å². The van der Waals surface area contributed by atoms with E-state index in [4.69, 9.17) is 16.3 Å². The number of benzene rings is 1. The largest absolute Gasteiger partial charge is 0.481 e. The number of aliphatic carboxylic acids is 1. The van der Waals surface area contributed by atoms with Crippen LogP contribution in [-0.4, -0.2) is 29.2 Å². The Morgan fingerprint density at radius 2 is 1.95 bits per heavy atom. The highest BCUT2D eigenvalue weighted by atomic mass is 35.5. The maximum atomic E-state index is 13.1. The lowest BCUT2D eigenvalue weighted by molar-refractivity contribution is -0.147. The summed E-state index contributed by atoms with van der Waals surface area (Å²) in [4.78, 5) is 23.7. The Morgan fingerprint density at radius 1 is 1.29 bits per heavy atom. The maximum absolute atomic E-state index is 13.1. The third kappa shape index (κ3) is 2.49. The molecule has 0 radical (unpaired) electrons. The molecule has 21 heavy (non-hydrogen) atoms. The molecule has 2 fully saturated rings. The number of hydrogen-bond acceptors (Lipinski definition) is 3. The minimum atomic E-state index is -1.03. The molecule has 2 N–H and O–H groups in total. The number of fused-ring (bicyclic) bond motifs is 2. The van der Waals surface area contributed by atoms with Crippen LogP contribution < -0.4 is 5.32 Å². The summed E-state index contributed by atoms with van der Waals surface area (Å²) in [5.41, 5.74) is 0.332. The molecule has 0 unspecified atom stereocenters. The van der Waals surface area contributed by atoms with Gasteiger partial charge >= 0.3 is 5.97 Å². The second-order valence-corrected chi connectivity index (χ2v) is 5.71. The second-order valence-electron chi connectivity index (χ2n) is 5.30. The monoisotopic (exact) mass is 313 g/mol. The van der Waals surface area contributed by atoms with Gasteiger partial charge in [-0.15, -0.1) is 0 Å². The second kappa shape index (κ2) is 5.27. The van der Waals surface area contributed by atoms with Gasteiger partial charge in [-0.3, -0.25) is 9.59 Å². The molecule has 2 heterocycles. The first-order valence-corrected chi connectivity index (χ1v) is 6.99. The molecule has 3 rings (SSSR count). The van der Waals surface area contributed by atoms with E-state index in [0.717, 1.165) is 6.07 Å². The van der Waals surface area contributed by atoms with E-state index in [-0.39, 0.29) is 11.1 Å². The van der Waals surface area contributed by atoms with Crippen LogP contribution in [0.25, 0.3) is 0 Å². The summed E-state index contributed by atoms with van der Waals surface area (Å²) in [7, 11) is 0. The first-order chi connectivity index (χ1) is 9.97. The van der Waals surface area contributed by atoms with Crippen molar-refractivity contribution >= 4 is 29.2 Å². The number of carboxylic acid groups (broad SMARTS) is 1. The minimum Gasteiger partial charge on any atom is -0.481 e. The van der Waals surface area contributed by atoms with Crippen LogP contribution in [0.2, 0.25) is 5.02 Å². The number of carboxylic acids is 1. The molecule has 1 aromatic carbocycles. The van der Waals surface area contributed by atoms with Crippen LogP contribution in [0.4, 0.5) is 10.1 Å². The fourth-order valence-corrected chi connectivity index (χ4v) is 3.30. The standard InChI is InChI=1S/C14H13ClFNO4/c15-7-5-6(1-2-8(7)16)17-13(18)11-9-3-4-10(21-9)12(11)14(19)20/h1-2,5,9-12H,3-4H2,(H,17,18)(H,19,20)/t9-,10-,11+,12+/m1/s1. The molecule has 0 saturated carbocycles. The minimum absolute atomic E-state index is 0.105. The van der Waals surface area contributed by atoms with Crippen molar-refractivity contribution < 1.29 is 23.8 Å². The van der Waals surface area contributed by atoms with Gasteiger partial charge in [0.2, 0.25) is 5.91 Å². The number of ether oxygens (including phenoxy) is 1. The number of rotatable bonds is 3. The average molecular weight is 314 g/mol. The molecule has 7 heteroatoms. The van der Waals surface area contributed by atoms with Crippen LogP contribution in [0.3, 0.4) is 0 Å². The normalized spacial score (nSPS) is 30.4. The molecular weight excluding hydrogens is 301 g/mol. The van der Waals surface area contributed by atoms with Crippen LogP contribution in [0.1, 0.15) is 12.8 Å². The summed E-state index contributed by atoms with van der Waals surface area (Å²) < 4.78 is 18.6. The van der Waals surface area contributed by atoms with Crippen LogP contribution in [0.5, 0.6) is 0 Å². The van der Waals surface area contributed by atoms with E-state index in [9.17, 15) is 19.1 Å². The van der Waals surface area contributed by atoms with Crippen molar-refractivity contribution in [2.75, 3.05) is 5.32 Å². The number of nitrogens with one attached hydrogen (secondary N) is 1. The molecule has 2 aliphatic heterocycles. The highest BCUT2D eigenvalue weighted by molar-refractivity contribution is 6.31. The summed E-state index contributed by atoms with van der Waals surface area (Å²) in [5, 5.41) is 11.8. The van der Waals surface area contributed by atoms with Crippen LogP contribution in [0.15, 0.2) is 18.2 Å². The highest BCUT2D eigenvalue weighted by Crippen LogP contribution is 2.44. The van der Waals surface area contributed by atoms with E-state index >= 15 is 0 Å². The Bertz CT molecular complexity index is 609. The Labute approximate surface area is 125 Å². The van der Waals surface area contributed by atoms with E-state index in [2.05, 4.69) is 5.32 Å². The molecule has 5 nitrogen and oxygen atoms in total. The van der Waals surface area contributed by atoms with Gasteiger partial charge in [-0.05, 0) is 31.0 Å². The number of halogens is 2. The number of hydrogen-bond donors (Lipinski definition) is 2. The van der Waals surface area contributed by atoms with Crippen molar-refractivity contribution in [3.63, 3.8) is 0 Å². The van der Waals surface area contributed by atoms with Gasteiger partial charge in [0, 0.05) is 5.69 Å².